The monoisotopic (exact) mass is 139 g/mol. The van der Waals surface area contributed by atoms with Gasteiger partial charge in [0, 0.05) is 0 Å². The fourth-order valence-electron chi connectivity index (χ4n) is 1.02. The lowest BCUT2D eigenvalue weighted by Crippen LogP contribution is -2.39. The van der Waals surface area contributed by atoms with Gasteiger partial charge in [-0.3, -0.25) is 5.32 Å². The molecule has 10 heavy (non-hydrogen) atoms. The molecular weight excluding hydrogens is 128 g/mol. The summed E-state index contributed by atoms with van der Waals surface area (Å²) >= 11 is 0. The second kappa shape index (κ2) is 2.27. The molecule has 2 amide bonds. The summed E-state index contributed by atoms with van der Waals surface area (Å²) in [6.07, 6.45) is 3.19. The van der Waals surface area contributed by atoms with Crippen LogP contribution in [-0.2, 0) is 0 Å². The van der Waals surface area contributed by atoms with Crippen molar-refractivity contribution in [2.75, 3.05) is 13.1 Å². The Bertz CT molecular complexity index is 178. The lowest BCUT2D eigenvalue weighted by atomic mass is 10.5. The van der Waals surface area contributed by atoms with Gasteiger partial charge in [-0.25, -0.2) is 4.79 Å². The van der Waals surface area contributed by atoms with Gasteiger partial charge < -0.3 is 0 Å². The molecule has 0 aliphatic carbocycles. The Morgan fingerprint density at radius 1 is 1.50 bits per heavy atom. The van der Waals surface area contributed by atoms with Crippen LogP contribution in [0.1, 0.15) is 0 Å². The van der Waals surface area contributed by atoms with Crippen LogP contribution in [-0.4, -0.2) is 23.6 Å². The van der Waals surface area contributed by atoms with Crippen LogP contribution in [0.5, 0.6) is 0 Å². The lowest BCUT2D eigenvalue weighted by Gasteiger charge is -2.17. The Labute approximate surface area is 60.2 Å². The molecule has 0 spiro atoms. The first-order chi connectivity index (χ1) is 4.75. The molecule has 1 aliphatic rings. The molecule has 0 radical (unpaired) electrons. The predicted molar refractivity (Wildman–Crippen MR) is 38.9 cm³/mol. The normalized spacial score (nSPS) is 21.8. The number of quaternary nitrogens is 1. The Kier molecular flexibility index (Phi) is 1.59. The highest BCUT2D eigenvalue weighted by molar-refractivity contribution is 5.69. The van der Waals surface area contributed by atoms with Gasteiger partial charge in [-0.05, 0) is 13.2 Å². The zero-order chi connectivity index (χ0) is 7.61. The van der Waals surface area contributed by atoms with Crippen LogP contribution in [0.25, 0.3) is 0 Å². The maximum atomic E-state index is 11.1. The van der Waals surface area contributed by atoms with Gasteiger partial charge in [0.2, 0.25) is 0 Å². The molecule has 1 aliphatic heterocycles. The van der Waals surface area contributed by atoms with Gasteiger partial charge in [-0.15, -0.1) is 0 Å². The fraction of sp³-hybridized carbons (Fsp3) is 0.286. The van der Waals surface area contributed by atoms with Crippen LogP contribution in [0.3, 0.4) is 0 Å². The van der Waals surface area contributed by atoms with Gasteiger partial charge in [0.05, 0.1) is 6.54 Å². The van der Waals surface area contributed by atoms with Crippen LogP contribution < -0.4 is 5.32 Å². The van der Waals surface area contributed by atoms with E-state index < -0.39 is 0 Å². The van der Waals surface area contributed by atoms with E-state index in [4.69, 9.17) is 0 Å². The third-order valence-electron chi connectivity index (χ3n) is 1.79. The van der Waals surface area contributed by atoms with Crippen LogP contribution in [0.15, 0.2) is 25.6 Å². The van der Waals surface area contributed by atoms with Crippen molar-refractivity contribution in [2.45, 2.75) is 0 Å². The zero-order valence-electron chi connectivity index (χ0n) is 5.84. The van der Waals surface area contributed by atoms with E-state index in [9.17, 15) is 4.79 Å². The first-order valence-corrected chi connectivity index (χ1v) is 3.18. The Balaban J connectivity index is 2.91. The van der Waals surface area contributed by atoms with Gasteiger partial charge >= 0.3 is 6.03 Å². The molecule has 0 bridgehead atoms. The molecule has 0 aromatic carbocycles. The molecule has 1 N–H and O–H groups in total. The summed E-state index contributed by atoms with van der Waals surface area (Å²) in [6, 6.07) is -0.0370. The van der Waals surface area contributed by atoms with Gasteiger partial charge in [0.15, 0.2) is 0 Å². The summed E-state index contributed by atoms with van der Waals surface area (Å²) in [5.74, 6) is 0. The Hall–Kier alpha value is -1.09. The topological polar surface area (TPSA) is 29.1 Å². The molecule has 0 unspecified atom stereocenters. The summed E-state index contributed by atoms with van der Waals surface area (Å²) in [4.78, 5) is 11.1. The zero-order valence-corrected chi connectivity index (χ0v) is 5.84. The van der Waals surface area contributed by atoms with Crippen molar-refractivity contribution in [2.24, 2.45) is 0 Å². The summed E-state index contributed by atoms with van der Waals surface area (Å²) in [6.45, 7) is 8.59. The van der Waals surface area contributed by atoms with E-state index in [0.29, 0.717) is 6.54 Å². The van der Waals surface area contributed by atoms with Gasteiger partial charge in [-0.1, -0.05) is 0 Å². The molecule has 0 atom stereocenters. The van der Waals surface area contributed by atoms with E-state index in [1.165, 1.54) is 0 Å². The van der Waals surface area contributed by atoms with E-state index in [1.807, 2.05) is 0 Å². The molecule has 1 rings (SSSR count). The summed E-state index contributed by atoms with van der Waals surface area (Å²) in [5.41, 5.74) is 0. The molecular formula is C7H11N2O+. The SMILES string of the molecule is C=C[N+]1(C=C)CCNC1=O. The number of urea groups is 1. The summed E-state index contributed by atoms with van der Waals surface area (Å²) in [7, 11) is 0. The highest BCUT2D eigenvalue weighted by Gasteiger charge is 2.36. The predicted octanol–water partition coefficient (Wildman–Crippen LogP) is 0.813. The first kappa shape index (κ1) is 7.02. The van der Waals surface area contributed by atoms with Crippen LogP contribution in [0, 0.1) is 0 Å². The second-order valence-corrected chi connectivity index (χ2v) is 2.25. The maximum absolute atomic E-state index is 11.1. The van der Waals surface area contributed by atoms with Crippen molar-refractivity contribution in [3.63, 3.8) is 0 Å². The Morgan fingerprint density at radius 3 is 2.30 bits per heavy atom. The molecule has 54 valence electrons. The van der Waals surface area contributed by atoms with Crippen molar-refractivity contribution in [3.05, 3.63) is 25.6 Å². The smallest absolute Gasteiger partial charge is 0.299 e. The third-order valence-corrected chi connectivity index (χ3v) is 1.79. The highest BCUT2D eigenvalue weighted by Crippen LogP contribution is 2.12. The van der Waals surface area contributed by atoms with Crippen LogP contribution in [0.4, 0.5) is 4.79 Å². The molecule has 0 aromatic rings. The number of nitrogens with zero attached hydrogens (tertiary/aromatic N) is 1. The standard InChI is InChI=1S/C7H10N2O/c1-3-9(4-2)6-5-8-7(9)10/h3-4H,1-2,5-6H2/p+1. The fourth-order valence-corrected chi connectivity index (χ4v) is 1.02. The molecule has 3 heteroatoms. The maximum Gasteiger partial charge on any atom is 0.426 e. The van der Waals surface area contributed by atoms with Crippen molar-refractivity contribution in [1.29, 1.82) is 0 Å². The number of rotatable bonds is 2. The van der Waals surface area contributed by atoms with E-state index in [2.05, 4.69) is 18.5 Å². The molecule has 1 heterocycles. The first-order valence-electron chi connectivity index (χ1n) is 3.18. The van der Waals surface area contributed by atoms with E-state index in [-0.39, 0.29) is 10.5 Å². The average Bonchev–Trinajstić information content (AvgIpc) is 2.32. The van der Waals surface area contributed by atoms with Gasteiger partial charge in [0.1, 0.15) is 18.9 Å². The lowest BCUT2D eigenvalue weighted by molar-refractivity contribution is -0.730. The Morgan fingerprint density at radius 2 is 2.10 bits per heavy atom. The minimum Gasteiger partial charge on any atom is -0.299 e. The number of carbonyl (C=O) groups excluding carboxylic acids is 1. The van der Waals surface area contributed by atoms with Crippen molar-refractivity contribution >= 4 is 6.03 Å². The highest BCUT2D eigenvalue weighted by atomic mass is 16.2. The molecule has 0 aromatic heterocycles. The van der Waals surface area contributed by atoms with Gasteiger partial charge in [-0.2, -0.15) is 4.48 Å². The number of amides is 2. The van der Waals surface area contributed by atoms with Crippen molar-refractivity contribution in [3.8, 4) is 0 Å². The molecule has 1 fully saturated rings. The van der Waals surface area contributed by atoms with Crippen LogP contribution in [0.2, 0.25) is 0 Å². The second-order valence-electron chi connectivity index (χ2n) is 2.25. The number of hydrogen-bond donors (Lipinski definition) is 1. The summed E-state index contributed by atoms with van der Waals surface area (Å²) < 4.78 is 0.153. The summed E-state index contributed by atoms with van der Waals surface area (Å²) in [5, 5.41) is 2.70. The van der Waals surface area contributed by atoms with E-state index in [0.717, 1.165) is 6.54 Å². The number of carbonyl (C=O) groups is 1. The molecule has 0 saturated carbocycles. The van der Waals surface area contributed by atoms with E-state index >= 15 is 0 Å². The number of hydrogen-bond acceptors (Lipinski definition) is 1. The van der Waals surface area contributed by atoms with Gasteiger partial charge in [0.25, 0.3) is 0 Å². The van der Waals surface area contributed by atoms with Crippen molar-refractivity contribution < 1.29 is 9.28 Å². The number of nitrogens with one attached hydrogen (secondary N) is 1. The average molecular weight is 139 g/mol. The largest absolute Gasteiger partial charge is 0.426 e. The molecule has 1 saturated heterocycles. The van der Waals surface area contributed by atoms with E-state index in [1.54, 1.807) is 12.4 Å². The van der Waals surface area contributed by atoms with Crippen molar-refractivity contribution in [1.82, 2.24) is 5.32 Å². The third kappa shape index (κ3) is 0.752. The molecule has 3 nitrogen and oxygen atoms in total. The minimum absolute atomic E-state index is 0.0370. The quantitative estimate of drug-likeness (QED) is 0.564. The van der Waals surface area contributed by atoms with Crippen LogP contribution >= 0.6 is 0 Å². The minimum atomic E-state index is -0.0370.